The summed E-state index contributed by atoms with van der Waals surface area (Å²) in [6.45, 7) is 1.61. The van der Waals surface area contributed by atoms with Crippen molar-refractivity contribution in [1.82, 2.24) is 15.2 Å². The van der Waals surface area contributed by atoms with Crippen LogP contribution in [0.5, 0.6) is 0 Å². The Labute approximate surface area is 124 Å². The lowest BCUT2D eigenvalue weighted by Crippen LogP contribution is -2.41. The zero-order valence-corrected chi connectivity index (χ0v) is 12.6. The molecule has 0 spiro atoms. The number of rotatable bonds is 3. The topological polar surface area (TPSA) is 65.2 Å². The molecule has 21 heavy (non-hydrogen) atoms. The minimum absolute atomic E-state index is 0.0389. The monoisotopic (exact) mass is 289 g/mol. The lowest BCUT2D eigenvalue weighted by atomic mass is 9.91. The van der Waals surface area contributed by atoms with E-state index in [2.05, 4.69) is 10.3 Å². The van der Waals surface area contributed by atoms with E-state index in [1.165, 1.54) is 6.07 Å². The van der Waals surface area contributed by atoms with Gasteiger partial charge in [-0.1, -0.05) is 0 Å². The van der Waals surface area contributed by atoms with Crippen LogP contribution in [-0.2, 0) is 12.8 Å². The number of pyridine rings is 1. The molecule has 0 radical (unpaired) electrons. The van der Waals surface area contributed by atoms with Crippen molar-refractivity contribution in [2.24, 2.45) is 0 Å². The van der Waals surface area contributed by atoms with Gasteiger partial charge in [-0.05, 0) is 51.1 Å². The summed E-state index contributed by atoms with van der Waals surface area (Å²) < 4.78 is 0. The average molecular weight is 289 g/mol. The summed E-state index contributed by atoms with van der Waals surface area (Å²) >= 11 is 0. The Balaban J connectivity index is 1.94. The van der Waals surface area contributed by atoms with E-state index in [-0.39, 0.29) is 17.5 Å². The number of hydrogen-bond donors (Lipinski definition) is 2. The maximum Gasteiger partial charge on any atom is 0.254 e. The zero-order valence-electron chi connectivity index (χ0n) is 12.6. The van der Waals surface area contributed by atoms with E-state index in [4.69, 9.17) is 0 Å². The Morgan fingerprint density at radius 1 is 1.38 bits per heavy atom. The second kappa shape index (κ2) is 6.02. The van der Waals surface area contributed by atoms with Crippen molar-refractivity contribution in [2.75, 3.05) is 20.1 Å². The molecule has 2 N–H and O–H groups in total. The van der Waals surface area contributed by atoms with Crippen LogP contribution in [0.25, 0.3) is 0 Å². The van der Waals surface area contributed by atoms with Crippen molar-refractivity contribution < 1.29 is 4.79 Å². The highest BCUT2D eigenvalue weighted by Crippen LogP contribution is 2.25. The summed E-state index contributed by atoms with van der Waals surface area (Å²) in [7, 11) is 1.91. The highest BCUT2D eigenvalue weighted by Gasteiger charge is 2.31. The highest BCUT2D eigenvalue weighted by molar-refractivity contribution is 5.96. The van der Waals surface area contributed by atoms with Gasteiger partial charge >= 0.3 is 0 Å². The molecule has 1 amide bonds. The van der Waals surface area contributed by atoms with Crippen molar-refractivity contribution in [3.05, 3.63) is 33.2 Å². The number of H-pyrrole nitrogens is 1. The number of fused-ring (bicyclic) bond motifs is 1. The van der Waals surface area contributed by atoms with Crippen LogP contribution in [0.15, 0.2) is 10.9 Å². The minimum Gasteiger partial charge on any atom is -0.334 e. The van der Waals surface area contributed by atoms with Gasteiger partial charge in [0.05, 0.1) is 0 Å². The first kappa shape index (κ1) is 14.3. The van der Waals surface area contributed by atoms with E-state index >= 15 is 0 Å². The molecule has 0 bridgehead atoms. The number of amides is 1. The van der Waals surface area contributed by atoms with Crippen LogP contribution < -0.4 is 10.9 Å². The lowest BCUT2D eigenvalue weighted by molar-refractivity contribution is 0.0735. The molecule has 2 heterocycles. The normalized spacial score (nSPS) is 21.4. The first-order valence-electron chi connectivity index (χ1n) is 7.91. The second-order valence-corrected chi connectivity index (χ2v) is 6.06. The Hall–Kier alpha value is -1.62. The van der Waals surface area contributed by atoms with Gasteiger partial charge in [0.15, 0.2) is 0 Å². The van der Waals surface area contributed by atoms with Crippen LogP contribution in [0.3, 0.4) is 0 Å². The molecule has 1 aromatic heterocycles. The molecule has 0 aromatic carbocycles. The fourth-order valence-corrected chi connectivity index (χ4v) is 3.64. The van der Waals surface area contributed by atoms with Crippen LogP contribution >= 0.6 is 0 Å². The standard InChI is InChI=1S/C16H23N3O2/c1-17-10-11-5-4-8-19(11)16(21)13-9-15(20)18-14-7-3-2-6-12(13)14/h9,11,17H,2-8,10H2,1H3,(H,18,20). The molecular weight excluding hydrogens is 266 g/mol. The van der Waals surface area contributed by atoms with Gasteiger partial charge in [0.2, 0.25) is 5.56 Å². The molecule has 1 aliphatic heterocycles. The first-order valence-corrected chi connectivity index (χ1v) is 7.91. The molecule has 5 heteroatoms. The second-order valence-electron chi connectivity index (χ2n) is 6.06. The molecule has 1 fully saturated rings. The molecule has 1 saturated heterocycles. The summed E-state index contributed by atoms with van der Waals surface area (Å²) in [5.74, 6) is 0.0389. The van der Waals surface area contributed by atoms with Crippen molar-refractivity contribution in [3.63, 3.8) is 0 Å². The van der Waals surface area contributed by atoms with Gasteiger partial charge in [-0.25, -0.2) is 0 Å². The summed E-state index contributed by atoms with van der Waals surface area (Å²) in [5, 5.41) is 3.16. The van der Waals surface area contributed by atoms with Gasteiger partial charge < -0.3 is 15.2 Å². The number of carbonyl (C=O) groups is 1. The molecule has 114 valence electrons. The molecular formula is C16H23N3O2. The molecule has 1 atom stereocenters. The van der Waals surface area contributed by atoms with Crippen LogP contribution in [-0.4, -0.2) is 42.0 Å². The maximum absolute atomic E-state index is 12.9. The van der Waals surface area contributed by atoms with Crippen molar-refractivity contribution in [2.45, 2.75) is 44.6 Å². The fraction of sp³-hybridized carbons (Fsp3) is 0.625. The predicted octanol–water partition coefficient (Wildman–Crippen LogP) is 1.08. The fourth-order valence-electron chi connectivity index (χ4n) is 3.64. The van der Waals surface area contributed by atoms with Gasteiger partial charge in [-0.3, -0.25) is 9.59 Å². The summed E-state index contributed by atoms with van der Waals surface area (Å²) in [5.41, 5.74) is 2.53. The number of carbonyl (C=O) groups excluding carboxylic acids is 1. The van der Waals surface area contributed by atoms with Crippen molar-refractivity contribution in [3.8, 4) is 0 Å². The largest absolute Gasteiger partial charge is 0.334 e. The number of nitrogens with one attached hydrogen (secondary N) is 2. The number of nitrogens with zero attached hydrogens (tertiary/aromatic N) is 1. The number of likely N-dealkylation sites (tertiary alicyclic amines) is 1. The summed E-state index contributed by atoms with van der Waals surface area (Å²) in [4.78, 5) is 29.6. The van der Waals surface area contributed by atoms with E-state index in [1.54, 1.807) is 0 Å². The third-order valence-corrected chi connectivity index (χ3v) is 4.65. The van der Waals surface area contributed by atoms with Crippen LogP contribution in [0, 0.1) is 0 Å². The van der Waals surface area contributed by atoms with E-state index in [0.29, 0.717) is 5.56 Å². The van der Waals surface area contributed by atoms with Gasteiger partial charge in [0.25, 0.3) is 5.91 Å². The Kier molecular flexibility index (Phi) is 4.10. The van der Waals surface area contributed by atoms with Crippen molar-refractivity contribution >= 4 is 5.91 Å². The van der Waals surface area contributed by atoms with Crippen LogP contribution in [0.1, 0.15) is 47.3 Å². The minimum atomic E-state index is -0.150. The van der Waals surface area contributed by atoms with Crippen LogP contribution in [0.4, 0.5) is 0 Å². The number of likely N-dealkylation sites (N-methyl/N-ethyl adjacent to an activating group) is 1. The van der Waals surface area contributed by atoms with Gasteiger partial charge in [0, 0.05) is 36.5 Å². The molecule has 3 rings (SSSR count). The predicted molar refractivity (Wildman–Crippen MR) is 81.7 cm³/mol. The Morgan fingerprint density at radius 2 is 2.19 bits per heavy atom. The van der Waals surface area contributed by atoms with Gasteiger partial charge in [-0.15, -0.1) is 0 Å². The molecule has 1 aromatic rings. The zero-order chi connectivity index (χ0) is 14.8. The number of aryl methyl sites for hydroxylation is 1. The van der Waals surface area contributed by atoms with Crippen LogP contribution in [0.2, 0.25) is 0 Å². The number of hydrogen-bond acceptors (Lipinski definition) is 3. The average Bonchev–Trinajstić information content (AvgIpc) is 2.94. The third-order valence-electron chi connectivity index (χ3n) is 4.65. The Bertz CT molecular complexity index is 594. The third kappa shape index (κ3) is 2.75. The van der Waals surface area contributed by atoms with E-state index in [0.717, 1.165) is 62.9 Å². The summed E-state index contributed by atoms with van der Waals surface area (Å²) in [6, 6.07) is 1.75. The summed E-state index contributed by atoms with van der Waals surface area (Å²) in [6.07, 6.45) is 6.05. The van der Waals surface area contributed by atoms with Gasteiger partial charge in [-0.2, -0.15) is 0 Å². The maximum atomic E-state index is 12.9. The molecule has 0 saturated carbocycles. The van der Waals surface area contributed by atoms with E-state index in [1.807, 2.05) is 11.9 Å². The molecule has 1 aliphatic carbocycles. The number of aromatic amines is 1. The lowest BCUT2D eigenvalue weighted by Gasteiger charge is -2.27. The van der Waals surface area contributed by atoms with Crippen molar-refractivity contribution in [1.29, 1.82) is 0 Å². The van der Waals surface area contributed by atoms with Gasteiger partial charge in [0.1, 0.15) is 0 Å². The smallest absolute Gasteiger partial charge is 0.254 e. The van der Waals surface area contributed by atoms with E-state index in [9.17, 15) is 9.59 Å². The highest BCUT2D eigenvalue weighted by atomic mass is 16.2. The first-order chi connectivity index (χ1) is 10.2. The SMILES string of the molecule is CNCC1CCCN1C(=O)c1cc(=O)[nH]c2c1CCCC2. The molecule has 1 unspecified atom stereocenters. The molecule has 5 nitrogen and oxygen atoms in total. The Morgan fingerprint density at radius 3 is 3.00 bits per heavy atom. The van der Waals surface area contributed by atoms with E-state index < -0.39 is 0 Å². The molecule has 2 aliphatic rings. The quantitative estimate of drug-likeness (QED) is 0.875. The number of aromatic nitrogens is 1.